The molecule has 0 amide bonds. The molecular weight excluding hydrogens is 259 g/mol. The number of halogens is 1. The summed E-state index contributed by atoms with van der Waals surface area (Å²) in [4.78, 5) is 12.2. The van der Waals surface area contributed by atoms with Crippen molar-refractivity contribution in [1.29, 1.82) is 0 Å². The first-order valence-electron chi connectivity index (χ1n) is 6.07. The SMILES string of the molecule is NCc1ccc(F)c(Cn2cnc3c(N)ncnc32)c1. The summed E-state index contributed by atoms with van der Waals surface area (Å²) in [6, 6.07) is 4.83. The average molecular weight is 272 g/mol. The Morgan fingerprint density at radius 3 is 2.85 bits per heavy atom. The smallest absolute Gasteiger partial charge is 0.165 e. The van der Waals surface area contributed by atoms with E-state index in [1.807, 2.05) is 0 Å². The number of nitrogens with two attached hydrogens (primary N) is 2. The lowest BCUT2D eigenvalue weighted by molar-refractivity contribution is 0.600. The van der Waals surface area contributed by atoms with E-state index < -0.39 is 0 Å². The number of benzene rings is 1. The second kappa shape index (κ2) is 4.86. The Morgan fingerprint density at radius 1 is 1.20 bits per heavy atom. The molecule has 0 saturated carbocycles. The molecule has 102 valence electrons. The molecule has 7 heteroatoms. The van der Waals surface area contributed by atoms with E-state index in [4.69, 9.17) is 11.5 Å². The van der Waals surface area contributed by atoms with E-state index in [0.29, 0.717) is 35.6 Å². The maximum atomic E-state index is 13.8. The fourth-order valence-corrected chi connectivity index (χ4v) is 2.07. The van der Waals surface area contributed by atoms with Crippen LogP contribution in [0.3, 0.4) is 0 Å². The summed E-state index contributed by atoms with van der Waals surface area (Å²) in [7, 11) is 0. The molecule has 0 saturated heterocycles. The number of aromatic nitrogens is 4. The zero-order valence-corrected chi connectivity index (χ0v) is 10.6. The Bertz CT molecular complexity index is 767. The molecule has 0 aliphatic heterocycles. The van der Waals surface area contributed by atoms with Crippen molar-refractivity contribution in [3.05, 3.63) is 47.8 Å². The zero-order chi connectivity index (χ0) is 14.1. The third-order valence-electron chi connectivity index (χ3n) is 3.12. The largest absolute Gasteiger partial charge is 0.382 e. The van der Waals surface area contributed by atoms with Gasteiger partial charge in [-0.15, -0.1) is 0 Å². The summed E-state index contributed by atoms with van der Waals surface area (Å²) in [6.07, 6.45) is 2.94. The Balaban J connectivity index is 2.03. The molecular formula is C13H13FN6. The van der Waals surface area contributed by atoms with Crippen LogP contribution in [0, 0.1) is 5.82 Å². The van der Waals surface area contributed by atoms with Gasteiger partial charge in [0.1, 0.15) is 17.7 Å². The van der Waals surface area contributed by atoms with Crippen LogP contribution in [0.5, 0.6) is 0 Å². The highest BCUT2D eigenvalue weighted by atomic mass is 19.1. The van der Waals surface area contributed by atoms with Crippen molar-refractivity contribution in [2.24, 2.45) is 5.73 Å². The molecule has 0 aliphatic rings. The van der Waals surface area contributed by atoms with E-state index in [-0.39, 0.29) is 5.82 Å². The van der Waals surface area contributed by atoms with Crippen LogP contribution in [-0.2, 0) is 13.1 Å². The number of anilines is 1. The number of hydrogen-bond acceptors (Lipinski definition) is 5. The molecule has 0 aliphatic carbocycles. The molecule has 6 nitrogen and oxygen atoms in total. The van der Waals surface area contributed by atoms with Gasteiger partial charge >= 0.3 is 0 Å². The van der Waals surface area contributed by atoms with Crippen LogP contribution < -0.4 is 11.5 Å². The van der Waals surface area contributed by atoms with Crippen LogP contribution in [0.25, 0.3) is 11.2 Å². The van der Waals surface area contributed by atoms with Crippen molar-refractivity contribution in [2.75, 3.05) is 5.73 Å². The molecule has 4 N–H and O–H groups in total. The Labute approximate surface area is 114 Å². The summed E-state index contributed by atoms with van der Waals surface area (Å²) < 4.78 is 15.6. The van der Waals surface area contributed by atoms with Crippen LogP contribution >= 0.6 is 0 Å². The third-order valence-corrected chi connectivity index (χ3v) is 3.12. The Morgan fingerprint density at radius 2 is 2.05 bits per heavy atom. The lowest BCUT2D eigenvalue weighted by Gasteiger charge is -2.07. The van der Waals surface area contributed by atoms with E-state index >= 15 is 0 Å². The third kappa shape index (κ3) is 2.08. The van der Waals surface area contributed by atoms with Crippen molar-refractivity contribution in [3.63, 3.8) is 0 Å². The molecule has 0 unspecified atom stereocenters. The first-order chi connectivity index (χ1) is 9.69. The molecule has 2 aromatic heterocycles. The molecule has 0 atom stereocenters. The molecule has 0 bridgehead atoms. The predicted octanol–water partition coefficient (Wildman–Crippen LogP) is 1.05. The van der Waals surface area contributed by atoms with Gasteiger partial charge in [-0.3, -0.25) is 0 Å². The van der Waals surface area contributed by atoms with Gasteiger partial charge < -0.3 is 16.0 Å². The van der Waals surface area contributed by atoms with E-state index in [1.54, 1.807) is 23.0 Å². The summed E-state index contributed by atoms with van der Waals surface area (Å²) in [5.74, 6) is 0.0241. The zero-order valence-electron chi connectivity index (χ0n) is 10.6. The molecule has 3 aromatic rings. The lowest BCUT2D eigenvalue weighted by Crippen LogP contribution is -2.05. The molecule has 0 radical (unpaired) electrons. The minimum absolute atomic E-state index is 0.286. The molecule has 0 spiro atoms. The van der Waals surface area contributed by atoms with E-state index in [9.17, 15) is 4.39 Å². The monoisotopic (exact) mass is 272 g/mol. The van der Waals surface area contributed by atoms with Gasteiger partial charge in [0.05, 0.1) is 12.9 Å². The van der Waals surface area contributed by atoms with Gasteiger partial charge in [-0.2, -0.15) is 0 Å². The van der Waals surface area contributed by atoms with Crippen molar-refractivity contribution < 1.29 is 4.39 Å². The predicted molar refractivity (Wildman–Crippen MR) is 73.1 cm³/mol. The van der Waals surface area contributed by atoms with Crippen LogP contribution in [0.15, 0.2) is 30.9 Å². The topological polar surface area (TPSA) is 95.6 Å². The van der Waals surface area contributed by atoms with Gasteiger partial charge in [0.2, 0.25) is 0 Å². The van der Waals surface area contributed by atoms with Gasteiger partial charge in [-0.25, -0.2) is 19.3 Å². The molecule has 1 aromatic carbocycles. The quantitative estimate of drug-likeness (QED) is 0.743. The average Bonchev–Trinajstić information content (AvgIpc) is 2.86. The van der Waals surface area contributed by atoms with Crippen molar-refractivity contribution in [1.82, 2.24) is 19.5 Å². The van der Waals surface area contributed by atoms with Gasteiger partial charge in [0.15, 0.2) is 11.5 Å². The summed E-state index contributed by atoms with van der Waals surface area (Å²) >= 11 is 0. The summed E-state index contributed by atoms with van der Waals surface area (Å²) in [5.41, 5.74) is 13.8. The standard InChI is InChI=1S/C13H13FN6/c14-10-2-1-8(4-15)3-9(10)5-20-7-19-11-12(16)17-6-18-13(11)20/h1-3,6-7H,4-5,15H2,(H2,16,17,18). The minimum Gasteiger partial charge on any atom is -0.382 e. The van der Waals surface area contributed by atoms with Crippen molar-refractivity contribution >= 4 is 17.0 Å². The minimum atomic E-state index is -0.286. The molecule has 3 rings (SSSR count). The van der Waals surface area contributed by atoms with E-state index in [1.165, 1.54) is 12.4 Å². The lowest BCUT2D eigenvalue weighted by atomic mass is 10.1. The highest BCUT2D eigenvalue weighted by Crippen LogP contribution is 2.17. The molecule has 20 heavy (non-hydrogen) atoms. The number of imidazole rings is 1. The van der Waals surface area contributed by atoms with Crippen molar-refractivity contribution in [3.8, 4) is 0 Å². The maximum Gasteiger partial charge on any atom is 0.165 e. The number of fused-ring (bicyclic) bond motifs is 1. The molecule has 0 fully saturated rings. The summed E-state index contributed by atoms with van der Waals surface area (Å²) in [5, 5.41) is 0. The number of rotatable bonds is 3. The number of hydrogen-bond donors (Lipinski definition) is 2. The van der Waals surface area contributed by atoms with Crippen LogP contribution in [0.1, 0.15) is 11.1 Å². The van der Waals surface area contributed by atoms with E-state index in [0.717, 1.165) is 5.56 Å². The number of nitrogen functional groups attached to an aromatic ring is 1. The van der Waals surface area contributed by atoms with Crippen molar-refractivity contribution in [2.45, 2.75) is 13.1 Å². The summed E-state index contributed by atoms with van der Waals surface area (Å²) in [6.45, 7) is 0.680. The Hall–Kier alpha value is -2.54. The van der Waals surface area contributed by atoms with Crippen LogP contribution in [0.4, 0.5) is 10.2 Å². The Kier molecular flexibility index (Phi) is 3.03. The van der Waals surface area contributed by atoms with Gasteiger partial charge in [0, 0.05) is 12.1 Å². The van der Waals surface area contributed by atoms with E-state index in [2.05, 4.69) is 15.0 Å². The first-order valence-corrected chi connectivity index (χ1v) is 6.07. The van der Waals surface area contributed by atoms with Crippen LogP contribution in [0.2, 0.25) is 0 Å². The molecule has 2 heterocycles. The second-order valence-corrected chi connectivity index (χ2v) is 4.43. The normalized spacial score (nSPS) is 11.1. The highest BCUT2D eigenvalue weighted by Gasteiger charge is 2.10. The maximum absolute atomic E-state index is 13.8. The fourth-order valence-electron chi connectivity index (χ4n) is 2.07. The fraction of sp³-hybridized carbons (Fsp3) is 0.154. The van der Waals surface area contributed by atoms with Crippen LogP contribution in [-0.4, -0.2) is 19.5 Å². The van der Waals surface area contributed by atoms with Gasteiger partial charge in [-0.05, 0) is 17.7 Å². The van der Waals surface area contributed by atoms with Gasteiger partial charge in [0.25, 0.3) is 0 Å². The van der Waals surface area contributed by atoms with Gasteiger partial charge in [-0.1, -0.05) is 6.07 Å². The highest BCUT2D eigenvalue weighted by molar-refractivity contribution is 5.81. The first kappa shape index (κ1) is 12.5. The number of nitrogens with zero attached hydrogens (tertiary/aromatic N) is 4. The second-order valence-electron chi connectivity index (χ2n) is 4.43.